The highest BCUT2D eigenvalue weighted by Crippen LogP contribution is 2.38. The van der Waals surface area contributed by atoms with Crippen LogP contribution in [-0.2, 0) is 13.1 Å². The van der Waals surface area contributed by atoms with Crippen molar-refractivity contribution < 1.29 is 0 Å². The van der Waals surface area contributed by atoms with Gasteiger partial charge in [0.2, 0.25) is 0 Å². The van der Waals surface area contributed by atoms with Crippen molar-refractivity contribution in [3.8, 4) is 22.3 Å². The molecule has 0 unspecified atom stereocenters. The molecule has 0 radical (unpaired) electrons. The van der Waals surface area contributed by atoms with Crippen LogP contribution in [0.5, 0.6) is 0 Å². The molecule has 0 aliphatic heterocycles. The molecule has 0 atom stereocenters. The highest BCUT2D eigenvalue weighted by Gasteiger charge is 2.12. The van der Waals surface area contributed by atoms with Crippen LogP contribution in [0, 0.1) is 0 Å². The number of amidine groups is 1. The minimum Gasteiger partial charge on any atom is -0.398 e. The van der Waals surface area contributed by atoms with Crippen molar-refractivity contribution in [2.45, 2.75) is 19.5 Å². The average molecular weight is 825 g/mol. The summed E-state index contributed by atoms with van der Waals surface area (Å²) in [6, 6.07) is 68.1. The number of hydrogen-bond donors (Lipinski definition) is 1. The Labute approximate surface area is 374 Å². The van der Waals surface area contributed by atoms with Crippen LogP contribution in [0.25, 0.3) is 65.8 Å². The molecule has 10 rings (SSSR count). The Kier molecular flexibility index (Phi) is 12.4. The summed E-state index contributed by atoms with van der Waals surface area (Å²) in [6.45, 7) is 8.54. The van der Waals surface area contributed by atoms with Crippen molar-refractivity contribution in [2.24, 2.45) is 20.7 Å². The predicted molar refractivity (Wildman–Crippen MR) is 274 cm³/mol. The van der Waals surface area contributed by atoms with Gasteiger partial charge in [0.1, 0.15) is 0 Å². The van der Waals surface area contributed by atoms with Crippen molar-refractivity contribution >= 4 is 62.9 Å². The van der Waals surface area contributed by atoms with E-state index in [-0.39, 0.29) is 0 Å². The van der Waals surface area contributed by atoms with Crippen LogP contribution >= 0.6 is 0 Å². The second kappa shape index (κ2) is 19.2. The molecule has 0 heterocycles. The lowest BCUT2D eigenvalue weighted by Gasteiger charge is -2.14. The van der Waals surface area contributed by atoms with Crippen LogP contribution in [0.15, 0.2) is 233 Å². The SMILES string of the molecule is C=NC(=NCc1ccccc1)c1ccccc1.C=NCc1cc(-c2ccc(/C(N)=c3\cccc\c3=C3/C=CC=CC3)cc2)cc(-c2ccc3c4ccccc4c4ccccc4c3c2)c1. The summed E-state index contributed by atoms with van der Waals surface area (Å²) in [4.78, 5) is 12.7. The zero-order valence-corrected chi connectivity index (χ0v) is 35.7. The van der Waals surface area contributed by atoms with Crippen molar-refractivity contribution in [1.29, 1.82) is 0 Å². The van der Waals surface area contributed by atoms with E-state index in [1.54, 1.807) is 0 Å². The fourth-order valence-corrected chi connectivity index (χ4v) is 8.61. The molecule has 0 amide bonds. The molecular weight excluding hydrogens is 777 g/mol. The van der Waals surface area contributed by atoms with Gasteiger partial charge in [-0.1, -0.05) is 194 Å². The Balaban J connectivity index is 0.000000256. The molecule has 4 heteroatoms. The van der Waals surface area contributed by atoms with Gasteiger partial charge in [-0.05, 0) is 126 Å². The topological polar surface area (TPSA) is 63.1 Å². The minimum absolute atomic E-state index is 0.556. The lowest BCUT2D eigenvalue weighted by Crippen LogP contribution is -2.31. The Morgan fingerprint density at radius 1 is 0.469 bits per heavy atom. The van der Waals surface area contributed by atoms with E-state index in [1.165, 1.54) is 54.2 Å². The predicted octanol–water partition coefficient (Wildman–Crippen LogP) is 12.8. The molecule has 2 N–H and O–H groups in total. The number of nitrogens with zero attached hydrogens (tertiary/aromatic N) is 3. The van der Waals surface area contributed by atoms with E-state index in [9.17, 15) is 0 Å². The molecule has 0 saturated heterocycles. The first-order valence-electron chi connectivity index (χ1n) is 21.6. The first kappa shape index (κ1) is 41.2. The van der Waals surface area contributed by atoms with Crippen LogP contribution in [-0.4, -0.2) is 19.3 Å². The monoisotopic (exact) mass is 824 g/mol. The maximum absolute atomic E-state index is 6.84. The number of fused-ring (bicyclic) bond motifs is 6. The zero-order chi connectivity index (χ0) is 43.7. The third-order valence-corrected chi connectivity index (χ3v) is 11.8. The maximum atomic E-state index is 6.84. The van der Waals surface area contributed by atoms with E-state index in [1.807, 2.05) is 48.5 Å². The number of hydrogen-bond acceptors (Lipinski definition) is 3. The second-order valence-electron chi connectivity index (χ2n) is 15.9. The van der Waals surface area contributed by atoms with Gasteiger partial charge in [-0.2, -0.15) is 0 Å². The molecule has 0 spiro atoms. The summed E-state index contributed by atoms with van der Waals surface area (Å²) >= 11 is 0. The number of benzene rings is 9. The number of allylic oxidation sites excluding steroid dienone is 4. The summed E-state index contributed by atoms with van der Waals surface area (Å²) in [5, 5.41) is 9.90. The lowest BCUT2D eigenvalue weighted by atomic mass is 9.90. The van der Waals surface area contributed by atoms with Gasteiger partial charge in [0.05, 0.1) is 13.1 Å². The average Bonchev–Trinajstić information content (AvgIpc) is 3.37. The maximum Gasteiger partial charge on any atom is 0.154 e. The van der Waals surface area contributed by atoms with Crippen molar-refractivity contribution in [3.05, 3.63) is 251 Å². The third kappa shape index (κ3) is 8.90. The van der Waals surface area contributed by atoms with Gasteiger partial charge in [-0.25, -0.2) is 4.99 Å². The van der Waals surface area contributed by atoms with Gasteiger partial charge >= 0.3 is 0 Å². The summed E-state index contributed by atoms with van der Waals surface area (Å²) in [5.41, 5.74) is 17.8. The smallest absolute Gasteiger partial charge is 0.154 e. The fourth-order valence-electron chi connectivity index (χ4n) is 8.61. The molecule has 0 saturated carbocycles. The normalized spacial score (nSPS) is 13.7. The third-order valence-electron chi connectivity index (χ3n) is 11.8. The zero-order valence-electron chi connectivity index (χ0n) is 35.7. The molecule has 0 bridgehead atoms. The Morgan fingerprint density at radius 3 is 1.69 bits per heavy atom. The van der Waals surface area contributed by atoms with E-state index in [0.29, 0.717) is 18.9 Å². The Hall–Kier alpha value is -8.21. The standard InChI is InChI=1S/C45H34N2.C15H14N2/c1-47-29-30-25-35(31-19-21-33(22-20-31)45(46)43-18-10-5-13-37(43)32-11-3-2-4-12-32)27-36(26-30)34-23-24-42-40-16-7-6-14-38(40)39-15-8-9-17-41(39)44(42)28-34;1-16-15(14-10-6-3-7-11-14)17-12-13-8-4-2-5-9-13/h2-11,13-28H,1,12,29,46H2;2-11H,1,12H2/b37-32-,45-43-;. The number of rotatable bonds is 8. The van der Waals surface area contributed by atoms with Crippen LogP contribution in [0.1, 0.15) is 28.7 Å². The van der Waals surface area contributed by atoms with E-state index >= 15 is 0 Å². The van der Waals surface area contributed by atoms with Crippen LogP contribution in [0.4, 0.5) is 0 Å². The van der Waals surface area contributed by atoms with Gasteiger partial charge in [0, 0.05) is 16.5 Å². The van der Waals surface area contributed by atoms with Gasteiger partial charge in [0.25, 0.3) is 0 Å². The highest BCUT2D eigenvalue weighted by molar-refractivity contribution is 6.25. The summed E-state index contributed by atoms with van der Waals surface area (Å²) in [7, 11) is 0. The number of nitrogens with two attached hydrogens (primary N) is 1. The fraction of sp³-hybridized carbons (Fsp3) is 0.0500. The molecule has 308 valence electrons. The van der Waals surface area contributed by atoms with Gasteiger partial charge in [-0.15, -0.1) is 0 Å². The van der Waals surface area contributed by atoms with Crippen LogP contribution in [0.2, 0.25) is 0 Å². The Morgan fingerprint density at radius 2 is 1.05 bits per heavy atom. The number of aliphatic imine (C=N–C) groups is 3. The van der Waals surface area contributed by atoms with E-state index < -0.39 is 0 Å². The summed E-state index contributed by atoms with van der Waals surface area (Å²) in [6.07, 6.45) is 9.45. The molecule has 64 heavy (non-hydrogen) atoms. The van der Waals surface area contributed by atoms with Crippen molar-refractivity contribution in [3.63, 3.8) is 0 Å². The molecule has 4 nitrogen and oxygen atoms in total. The first-order valence-corrected chi connectivity index (χ1v) is 21.6. The van der Waals surface area contributed by atoms with E-state index in [2.05, 4.69) is 198 Å². The van der Waals surface area contributed by atoms with Crippen molar-refractivity contribution in [2.75, 3.05) is 0 Å². The quantitative estimate of drug-likeness (QED) is 0.0926. The molecule has 9 aromatic rings. The molecule has 1 aliphatic carbocycles. The van der Waals surface area contributed by atoms with Gasteiger partial charge < -0.3 is 5.73 Å². The highest BCUT2D eigenvalue weighted by atomic mass is 14.9. The van der Waals surface area contributed by atoms with Crippen LogP contribution < -0.4 is 16.2 Å². The molecule has 9 aromatic carbocycles. The molecular formula is C60H48N4. The van der Waals surface area contributed by atoms with E-state index in [4.69, 9.17) is 5.73 Å². The second-order valence-corrected chi connectivity index (χ2v) is 15.9. The Bertz CT molecular complexity index is 3340. The van der Waals surface area contributed by atoms with Crippen molar-refractivity contribution in [1.82, 2.24) is 0 Å². The van der Waals surface area contributed by atoms with Gasteiger partial charge in [0.15, 0.2) is 5.84 Å². The van der Waals surface area contributed by atoms with E-state index in [0.717, 1.165) is 50.7 Å². The largest absolute Gasteiger partial charge is 0.398 e. The summed E-state index contributed by atoms with van der Waals surface area (Å²) in [5.74, 6) is 0.689. The lowest BCUT2D eigenvalue weighted by molar-refractivity contribution is 1.06. The summed E-state index contributed by atoms with van der Waals surface area (Å²) < 4.78 is 0. The minimum atomic E-state index is 0.556. The molecule has 0 fully saturated rings. The first-order chi connectivity index (χ1) is 31.6. The molecule has 1 aliphatic rings. The van der Waals surface area contributed by atoms with Gasteiger partial charge in [-0.3, -0.25) is 9.98 Å². The van der Waals surface area contributed by atoms with Crippen LogP contribution in [0.3, 0.4) is 0 Å². The molecule has 0 aromatic heterocycles.